The van der Waals surface area contributed by atoms with Gasteiger partial charge < -0.3 is 8.97 Å². The molecule has 2 aromatic heterocycles. The van der Waals surface area contributed by atoms with Gasteiger partial charge in [-0.2, -0.15) is 0 Å². The molecule has 44 heavy (non-hydrogen) atoms. The molecule has 0 amide bonds. The van der Waals surface area contributed by atoms with Crippen LogP contribution >= 0.6 is 23.1 Å². The number of nitrogens with zero attached hydrogens (tertiary/aromatic N) is 2. The van der Waals surface area contributed by atoms with Crippen molar-refractivity contribution in [2.45, 2.75) is 41.5 Å². The molecule has 0 aliphatic rings. The van der Waals surface area contributed by atoms with Gasteiger partial charge in [0.1, 0.15) is 0 Å². The van der Waals surface area contributed by atoms with Crippen molar-refractivity contribution in [2.24, 2.45) is 0 Å². The molecule has 7 aromatic rings. The van der Waals surface area contributed by atoms with Crippen molar-refractivity contribution >= 4 is 66.3 Å². The first kappa shape index (κ1) is 28.8. The fourth-order valence-corrected chi connectivity index (χ4v) is 10.6. The summed E-state index contributed by atoms with van der Waals surface area (Å²) in [5, 5.41) is 4.65. The van der Waals surface area contributed by atoms with E-state index in [1.54, 1.807) is 0 Å². The van der Waals surface area contributed by atoms with Crippen molar-refractivity contribution in [3.8, 4) is 11.3 Å². The van der Waals surface area contributed by atoms with Crippen LogP contribution in [-0.2, 0) is 4.57 Å². The number of halogens is 1. The highest BCUT2D eigenvalue weighted by Gasteiger charge is 2.35. The molecule has 3 nitrogen and oxygen atoms in total. The zero-order valence-electron chi connectivity index (χ0n) is 25.9. The lowest BCUT2D eigenvalue weighted by atomic mass is 10.00. The number of aromatic nitrogens is 2. The number of rotatable bonds is 4. The largest absolute Gasteiger partial charge is 0.310 e. The first-order valence-electron chi connectivity index (χ1n) is 14.9. The van der Waals surface area contributed by atoms with E-state index in [9.17, 15) is 0 Å². The van der Waals surface area contributed by atoms with E-state index in [-0.39, 0.29) is 0 Å². The molecule has 218 valence electrons. The van der Waals surface area contributed by atoms with Gasteiger partial charge in [-0.3, -0.25) is 0 Å². The second-order valence-electron chi connectivity index (χ2n) is 12.2. The molecule has 2 heterocycles. The van der Waals surface area contributed by atoms with Crippen molar-refractivity contribution in [1.29, 1.82) is 0 Å². The molecule has 0 bridgehead atoms. The minimum absolute atomic E-state index is 0.815. The summed E-state index contributed by atoms with van der Waals surface area (Å²) in [6.07, 6.45) is 0. The van der Waals surface area contributed by atoms with E-state index in [1.807, 2.05) is 6.07 Å². The van der Waals surface area contributed by atoms with Crippen LogP contribution in [-0.4, -0.2) is 9.38 Å². The van der Waals surface area contributed by atoms with Crippen molar-refractivity contribution in [3.63, 3.8) is 0 Å². The molecule has 0 atom stereocenters. The van der Waals surface area contributed by atoms with Gasteiger partial charge in [0.05, 0.1) is 22.2 Å². The van der Waals surface area contributed by atoms with Crippen LogP contribution in [0, 0.1) is 41.5 Å². The average Bonchev–Trinajstić information content (AvgIpc) is 3.28. The van der Waals surface area contributed by atoms with Gasteiger partial charge in [0.15, 0.2) is 7.14 Å². The molecule has 0 radical (unpaired) electrons. The lowest BCUT2D eigenvalue weighted by Crippen LogP contribution is -2.28. The Balaban J connectivity index is 1.71. The van der Waals surface area contributed by atoms with Crippen molar-refractivity contribution in [3.05, 3.63) is 135 Å². The molecule has 0 aliphatic heterocycles. The van der Waals surface area contributed by atoms with E-state index >= 15 is 4.57 Å². The highest BCUT2D eigenvalue weighted by molar-refractivity contribution is 9.10. The van der Waals surface area contributed by atoms with Gasteiger partial charge in [-0.15, -0.1) is 0 Å². The highest BCUT2D eigenvalue weighted by atomic mass is 79.9. The number of hydrogen-bond acceptors (Lipinski definition) is 2. The monoisotopic (exact) mass is 656 g/mol. The van der Waals surface area contributed by atoms with Crippen LogP contribution in [0.1, 0.15) is 33.5 Å². The molecule has 0 aliphatic carbocycles. The SMILES string of the molecule is Cc1cc(C)cc(P(=O)(c2cc(C)cc(C)c2)c2ccc3ccccc3c2-c2nc3ccc(Br)cc3n3c(C)cc(C)c23)c1. The normalized spacial score (nSPS) is 12.1. The minimum atomic E-state index is -3.40. The van der Waals surface area contributed by atoms with Gasteiger partial charge in [0.2, 0.25) is 0 Å². The van der Waals surface area contributed by atoms with E-state index in [2.05, 4.69) is 153 Å². The summed E-state index contributed by atoms with van der Waals surface area (Å²) in [7, 11) is -3.40. The Morgan fingerprint density at radius 3 is 1.93 bits per heavy atom. The Morgan fingerprint density at radius 1 is 0.682 bits per heavy atom. The van der Waals surface area contributed by atoms with Gasteiger partial charge in [0, 0.05) is 31.6 Å². The van der Waals surface area contributed by atoms with E-state index in [4.69, 9.17) is 4.98 Å². The molecule has 5 aromatic carbocycles. The molecule has 0 saturated heterocycles. The Bertz CT molecular complexity index is 2250. The third-order valence-electron chi connectivity index (χ3n) is 8.63. The summed E-state index contributed by atoms with van der Waals surface area (Å²) in [4.78, 5) is 5.41. The first-order valence-corrected chi connectivity index (χ1v) is 17.4. The van der Waals surface area contributed by atoms with Crippen LogP contribution in [0.5, 0.6) is 0 Å². The Morgan fingerprint density at radius 2 is 1.30 bits per heavy atom. The van der Waals surface area contributed by atoms with Crippen molar-refractivity contribution < 1.29 is 4.57 Å². The van der Waals surface area contributed by atoms with Crippen LogP contribution < -0.4 is 15.9 Å². The van der Waals surface area contributed by atoms with Gasteiger partial charge in [-0.25, -0.2) is 4.98 Å². The molecule has 0 spiro atoms. The zero-order chi connectivity index (χ0) is 30.9. The van der Waals surface area contributed by atoms with Gasteiger partial charge in [-0.1, -0.05) is 80.6 Å². The Hall–Kier alpha value is -3.98. The number of benzene rings is 5. The van der Waals surface area contributed by atoms with Crippen LogP contribution in [0.25, 0.3) is 38.6 Å². The topological polar surface area (TPSA) is 34.4 Å². The quantitative estimate of drug-likeness (QED) is 0.177. The van der Waals surface area contributed by atoms with Crippen LogP contribution in [0.2, 0.25) is 0 Å². The van der Waals surface area contributed by atoms with E-state index in [1.165, 1.54) is 0 Å². The molecule has 5 heteroatoms. The standard InChI is InChI=1S/C39H34BrN2OP/c1-23-15-24(2)18-31(17-23)44(43,32-19-25(3)16-26(4)20-32)36-14-11-29-9-7-8-10-33(29)37(36)38-39-27(5)21-28(6)42(39)35-22-30(40)12-13-34(35)41-38/h7-22H,1-6H3. The third-order valence-corrected chi connectivity index (χ3v) is 12.1. The lowest BCUT2D eigenvalue weighted by Gasteiger charge is -2.26. The summed E-state index contributed by atoms with van der Waals surface area (Å²) in [5.74, 6) is 0. The number of aryl methyl sites for hydroxylation is 6. The van der Waals surface area contributed by atoms with Crippen LogP contribution in [0.3, 0.4) is 0 Å². The maximum absolute atomic E-state index is 16.4. The fourth-order valence-electron chi connectivity index (χ4n) is 6.98. The fraction of sp³-hybridized carbons (Fsp3) is 0.154. The Labute approximate surface area is 267 Å². The van der Waals surface area contributed by atoms with Crippen LogP contribution in [0.15, 0.2) is 102 Å². The summed E-state index contributed by atoms with van der Waals surface area (Å²) < 4.78 is 19.7. The molecule has 0 fully saturated rings. The van der Waals surface area contributed by atoms with E-state index < -0.39 is 7.14 Å². The molecule has 0 saturated carbocycles. The molecule has 0 N–H and O–H groups in total. The minimum Gasteiger partial charge on any atom is -0.310 e. The van der Waals surface area contributed by atoms with Gasteiger partial charge in [0.25, 0.3) is 0 Å². The number of fused-ring (bicyclic) bond motifs is 4. The van der Waals surface area contributed by atoms with Crippen molar-refractivity contribution in [2.75, 3.05) is 0 Å². The van der Waals surface area contributed by atoms with Gasteiger partial charge in [-0.05, 0) is 112 Å². The van der Waals surface area contributed by atoms with E-state index in [0.29, 0.717) is 0 Å². The molecular formula is C39H34BrN2OP. The van der Waals surface area contributed by atoms with E-state index in [0.717, 1.165) is 92.5 Å². The second kappa shape index (κ2) is 10.6. The smallest absolute Gasteiger partial charge is 0.171 e. The third kappa shape index (κ3) is 4.55. The maximum Gasteiger partial charge on any atom is 0.171 e. The summed E-state index contributed by atoms with van der Waals surface area (Å²) in [6.45, 7) is 12.6. The predicted molar refractivity (Wildman–Crippen MR) is 191 cm³/mol. The molecular weight excluding hydrogens is 623 g/mol. The zero-order valence-corrected chi connectivity index (χ0v) is 28.3. The maximum atomic E-state index is 16.4. The summed E-state index contributed by atoms with van der Waals surface area (Å²) in [6, 6.07) is 33.8. The van der Waals surface area contributed by atoms with Crippen LogP contribution in [0.4, 0.5) is 0 Å². The highest BCUT2D eigenvalue weighted by Crippen LogP contribution is 2.48. The summed E-state index contributed by atoms with van der Waals surface area (Å²) in [5.41, 5.74) is 11.4. The first-order chi connectivity index (χ1) is 21.0. The number of hydrogen-bond donors (Lipinski definition) is 0. The predicted octanol–water partition coefficient (Wildman–Crippen LogP) is 9.56. The molecule has 0 unspecified atom stereocenters. The molecule has 7 rings (SSSR count). The van der Waals surface area contributed by atoms with Gasteiger partial charge >= 0.3 is 0 Å². The Kier molecular flexibility index (Phi) is 6.92. The summed E-state index contributed by atoms with van der Waals surface area (Å²) >= 11 is 3.68. The lowest BCUT2D eigenvalue weighted by molar-refractivity contribution is 0.592. The van der Waals surface area contributed by atoms with Crippen molar-refractivity contribution in [1.82, 2.24) is 9.38 Å². The average molecular weight is 658 g/mol. The second-order valence-corrected chi connectivity index (χ2v) is 15.9.